The van der Waals surface area contributed by atoms with Crippen LogP contribution in [0.3, 0.4) is 0 Å². The normalized spacial score (nSPS) is 16.3. The van der Waals surface area contributed by atoms with Crippen LogP contribution in [-0.4, -0.2) is 22.6 Å². The molecule has 2 nitrogen and oxygen atoms in total. The van der Waals surface area contributed by atoms with Crippen LogP contribution in [0.5, 0.6) is 0 Å². The quantitative estimate of drug-likeness (QED) is 0.566. The van der Waals surface area contributed by atoms with Crippen molar-refractivity contribution in [1.82, 2.24) is 4.90 Å². The second-order valence-corrected chi connectivity index (χ2v) is 7.18. The third-order valence-corrected chi connectivity index (χ3v) is 5.00. The van der Waals surface area contributed by atoms with Crippen molar-refractivity contribution in [2.45, 2.75) is 54.0 Å². The van der Waals surface area contributed by atoms with Gasteiger partial charge in [-0.25, -0.2) is 0 Å². The van der Waals surface area contributed by atoms with E-state index in [0.717, 1.165) is 24.1 Å². The van der Waals surface area contributed by atoms with Gasteiger partial charge in [0.25, 0.3) is 0 Å². The Kier molecular flexibility index (Phi) is 7.29. The number of aryl methyl sites for hydroxylation is 2. The predicted molar refractivity (Wildman–Crippen MR) is 119 cm³/mol. The summed E-state index contributed by atoms with van der Waals surface area (Å²) >= 11 is 0. The average molecular weight is 364 g/mol. The van der Waals surface area contributed by atoms with E-state index >= 15 is 0 Å². The Bertz CT molecular complexity index is 784. The standard InChI is InChI=1S/C25H33NO/c1-7-10-21(11-8-2)17-20(6)26-14-13-23(25(26)27)24-18(4)15-22(12-9-3)16-19(24)5/h7-12,15-17,20,27H,13-14H2,1-6H3/b10-7+,11-8+,12-9+. The number of aliphatic hydroxyl groups excluding tert-OH is 1. The van der Waals surface area contributed by atoms with Crippen LogP contribution in [0, 0.1) is 13.8 Å². The molecule has 144 valence electrons. The van der Waals surface area contributed by atoms with Crippen molar-refractivity contribution in [1.29, 1.82) is 0 Å². The maximum atomic E-state index is 11.0. The molecule has 1 aromatic carbocycles. The number of aliphatic hydroxyl groups is 1. The summed E-state index contributed by atoms with van der Waals surface area (Å²) < 4.78 is 0. The minimum Gasteiger partial charge on any atom is -0.494 e. The number of allylic oxidation sites excluding steroid dienone is 6. The molecule has 27 heavy (non-hydrogen) atoms. The SMILES string of the molecule is C/C=C/C(=CC(C)N1CCC(c2c(C)cc(/C=C/C)cc2C)=C1O)/C=C/C. The summed E-state index contributed by atoms with van der Waals surface area (Å²) in [4.78, 5) is 2.10. The van der Waals surface area contributed by atoms with Gasteiger partial charge in [0.1, 0.15) is 0 Å². The van der Waals surface area contributed by atoms with Crippen LogP contribution in [0.1, 0.15) is 56.4 Å². The van der Waals surface area contributed by atoms with Crippen molar-refractivity contribution in [3.8, 4) is 0 Å². The van der Waals surface area contributed by atoms with Crippen LogP contribution in [0.4, 0.5) is 0 Å². The number of hydrogen-bond acceptors (Lipinski definition) is 2. The van der Waals surface area contributed by atoms with Crippen molar-refractivity contribution < 1.29 is 5.11 Å². The highest BCUT2D eigenvalue weighted by Crippen LogP contribution is 2.35. The van der Waals surface area contributed by atoms with E-state index in [9.17, 15) is 5.11 Å². The van der Waals surface area contributed by atoms with E-state index in [1.165, 1.54) is 22.3 Å². The van der Waals surface area contributed by atoms with E-state index in [1.807, 2.05) is 32.9 Å². The van der Waals surface area contributed by atoms with Gasteiger partial charge in [0, 0.05) is 18.2 Å². The molecule has 0 aliphatic carbocycles. The van der Waals surface area contributed by atoms with Crippen molar-refractivity contribution in [3.63, 3.8) is 0 Å². The van der Waals surface area contributed by atoms with Crippen molar-refractivity contribution in [3.05, 3.63) is 82.3 Å². The van der Waals surface area contributed by atoms with E-state index in [4.69, 9.17) is 0 Å². The van der Waals surface area contributed by atoms with Crippen molar-refractivity contribution >= 4 is 11.6 Å². The lowest BCUT2D eigenvalue weighted by atomic mass is 9.92. The highest BCUT2D eigenvalue weighted by atomic mass is 16.3. The molecule has 1 heterocycles. The summed E-state index contributed by atoms with van der Waals surface area (Å²) in [6, 6.07) is 4.53. The van der Waals surface area contributed by atoms with Gasteiger partial charge in [-0.3, -0.25) is 0 Å². The summed E-state index contributed by atoms with van der Waals surface area (Å²) in [5.74, 6) is 0.420. The summed E-state index contributed by atoms with van der Waals surface area (Å²) in [6.45, 7) is 13.3. The fourth-order valence-electron chi connectivity index (χ4n) is 3.94. The fraction of sp³-hybridized carbons (Fsp3) is 0.360. The molecule has 1 unspecified atom stereocenters. The molecular formula is C25H33NO. The van der Waals surface area contributed by atoms with Crippen molar-refractivity contribution in [2.75, 3.05) is 6.54 Å². The zero-order valence-electron chi connectivity index (χ0n) is 17.6. The third kappa shape index (κ3) is 4.82. The lowest BCUT2D eigenvalue weighted by Crippen LogP contribution is -2.28. The first-order valence-electron chi connectivity index (χ1n) is 9.83. The molecule has 0 saturated carbocycles. The maximum absolute atomic E-state index is 11.0. The van der Waals surface area contributed by atoms with E-state index in [2.05, 4.69) is 68.2 Å². The zero-order chi connectivity index (χ0) is 20.0. The highest BCUT2D eigenvalue weighted by molar-refractivity contribution is 5.75. The van der Waals surface area contributed by atoms with Gasteiger partial charge in [-0.1, -0.05) is 54.7 Å². The third-order valence-electron chi connectivity index (χ3n) is 5.00. The zero-order valence-corrected chi connectivity index (χ0v) is 17.6. The van der Waals surface area contributed by atoms with Crippen LogP contribution in [-0.2, 0) is 0 Å². The smallest absolute Gasteiger partial charge is 0.191 e. The Balaban J connectivity index is 2.39. The largest absolute Gasteiger partial charge is 0.494 e. The Morgan fingerprint density at radius 2 is 1.63 bits per heavy atom. The molecule has 0 fully saturated rings. The summed E-state index contributed by atoms with van der Waals surface area (Å²) in [7, 11) is 0. The van der Waals surface area contributed by atoms with E-state index in [1.54, 1.807) is 0 Å². The van der Waals surface area contributed by atoms with E-state index < -0.39 is 0 Å². The van der Waals surface area contributed by atoms with Gasteiger partial charge in [-0.15, -0.1) is 0 Å². The molecule has 1 aliphatic heterocycles. The number of nitrogens with zero attached hydrogens (tertiary/aromatic N) is 1. The fourth-order valence-corrected chi connectivity index (χ4v) is 3.94. The summed E-state index contributed by atoms with van der Waals surface area (Å²) in [6.07, 6.45) is 15.5. The Labute approximate surface area is 164 Å². The molecule has 0 saturated heterocycles. The first kappa shape index (κ1) is 20.8. The summed E-state index contributed by atoms with van der Waals surface area (Å²) in [5, 5.41) is 11.0. The monoisotopic (exact) mass is 363 g/mol. The van der Waals surface area contributed by atoms with Gasteiger partial charge < -0.3 is 10.0 Å². The Morgan fingerprint density at radius 3 is 2.15 bits per heavy atom. The van der Waals surface area contributed by atoms with Gasteiger partial charge in [-0.05, 0) is 75.8 Å². The van der Waals surface area contributed by atoms with E-state index in [-0.39, 0.29) is 6.04 Å². The molecule has 0 bridgehead atoms. The lowest BCUT2D eigenvalue weighted by Gasteiger charge is -2.24. The minimum atomic E-state index is 0.132. The van der Waals surface area contributed by atoms with Crippen LogP contribution in [0.15, 0.2) is 60.0 Å². The first-order chi connectivity index (χ1) is 12.9. The van der Waals surface area contributed by atoms with Crippen molar-refractivity contribution in [2.24, 2.45) is 0 Å². The second kappa shape index (κ2) is 9.45. The predicted octanol–water partition coefficient (Wildman–Crippen LogP) is 6.74. The minimum absolute atomic E-state index is 0.132. The van der Waals surface area contributed by atoms with Gasteiger partial charge in [-0.2, -0.15) is 0 Å². The van der Waals surface area contributed by atoms with Crippen LogP contribution < -0.4 is 0 Å². The first-order valence-corrected chi connectivity index (χ1v) is 9.83. The Morgan fingerprint density at radius 1 is 1.04 bits per heavy atom. The summed E-state index contributed by atoms with van der Waals surface area (Å²) in [5.41, 5.74) is 7.08. The molecule has 0 spiro atoms. The van der Waals surface area contributed by atoms with Crippen LogP contribution >= 0.6 is 0 Å². The molecule has 0 amide bonds. The highest BCUT2D eigenvalue weighted by Gasteiger charge is 2.27. The molecule has 1 N–H and O–H groups in total. The van der Waals surface area contributed by atoms with Crippen LogP contribution in [0.2, 0.25) is 0 Å². The van der Waals surface area contributed by atoms with E-state index in [0.29, 0.717) is 5.88 Å². The molecular weight excluding hydrogens is 330 g/mol. The molecule has 1 aromatic rings. The molecule has 1 aliphatic rings. The molecule has 2 rings (SSSR count). The lowest BCUT2D eigenvalue weighted by molar-refractivity contribution is 0.203. The topological polar surface area (TPSA) is 23.5 Å². The maximum Gasteiger partial charge on any atom is 0.191 e. The Hall–Kier alpha value is -2.48. The second-order valence-electron chi connectivity index (χ2n) is 7.18. The average Bonchev–Trinajstić information content (AvgIpc) is 2.96. The van der Waals surface area contributed by atoms with Crippen LogP contribution in [0.25, 0.3) is 11.6 Å². The number of hydrogen-bond donors (Lipinski definition) is 1. The van der Waals surface area contributed by atoms with Gasteiger partial charge in [0.15, 0.2) is 5.88 Å². The van der Waals surface area contributed by atoms with Gasteiger partial charge in [0.05, 0.1) is 0 Å². The molecule has 0 aromatic heterocycles. The molecule has 0 radical (unpaired) electrons. The van der Waals surface area contributed by atoms with Gasteiger partial charge in [0.2, 0.25) is 0 Å². The van der Waals surface area contributed by atoms with Gasteiger partial charge >= 0.3 is 0 Å². The number of rotatable bonds is 6. The molecule has 2 heteroatoms. The molecule has 1 atom stereocenters. The number of benzene rings is 1.